The largest absolute Gasteiger partial charge is 0.308 e. The highest BCUT2D eigenvalue weighted by Gasteiger charge is 2.08. The van der Waals surface area contributed by atoms with Crippen LogP contribution in [-0.4, -0.2) is 16.4 Å². The third-order valence-electron chi connectivity index (χ3n) is 2.19. The molecule has 0 aliphatic heterocycles. The second-order valence-electron chi connectivity index (χ2n) is 4.21. The lowest BCUT2D eigenvalue weighted by atomic mass is 10.1. The Kier molecular flexibility index (Phi) is 4.07. The maximum Gasteiger partial charge on any atom is 0.121 e. The first-order valence-corrected chi connectivity index (χ1v) is 5.11. The zero-order valence-corrected chi connectivity index (χ0v) is 9.37. The number of aryl methyl sites for hydroxylation is 1. The van der Waals surface area contributed by atoms with Crippen molar-refractivity contribution in [3.8, 4) is 0 Å². The predicted octanol–water partition coefficient (Wildman–Crippen LogP) is 1.90. The molecule has 0 aliphatic carbocycles. The maximum atomic E-state index is 4.62. The molecule has 1 aromatic rings. The molecule has 80 valence electrons. The molecule has 0 fully saturated rings. The van der Waals surface area contributed by atoms with Crippen molar-refractivity contribution in [1.82, 2.24) is 15.6 Å². The molecular formula is C10H19N3O. The van der Waals surface area contributed by atoms with Gasteiger partial charge in [-0.1, -0.05) is 24.2 Å². The molecular weight excluding hydrogens is 178 g/mol. The van der Waals surface area contributed by atoms with E-state index in [1.807, 2.05) is 6.92 Å². The Hall–Kier alpha value is -0.900. The van der Waals surface area contributed by atoms with Crippen LogP contribution in [0.5, 0.6) is 0 Å². The van der Waals surface area contributed by atoms with Crippen molar-refractivity contribution in [1.29, 1.82) is 0 Å². The molecule has 1 rings (SSSR count). The summed E-state index contributed by atoms with van der Waals surface area (Å²) in [5, 5.41) is 10.9. The minimum absolute atomic E-state index is 0.506. The molecule has 1 N–H and O–H groups in total. The summed E-state index contributed by atoms with van der Waals surface area (Å²) in [4.78, 5) is 0. The molecule has 4 heteroatoms. The van der Waals surface area contributed by atoms with Crippen LogP contribution in [0.3, 0.4) is 0 Å². The number of nitrogens with zero attached hydrogens (tertiary/aromatic N) is 2. The fraction of sp³-hybridized carbons (Fsp3) is 0.800. The molecule has 0 saturated heterocycles. The Morgan fingerprint density at radius 2 is 2.00 bits per heavy atom. The first kappa shape index (κ1) is 11.2. The second-order valence-corrected chi connectivity index (χ2v) is 4.21. The van der Waals surface area contributed by atoms with Gasteiger partial charge in [0.25, 0.3) is 0 Å². The zero-order chi connectivity index (χ0) is 10.6. The van der Waals surface area contributed by atoms with Crippen molar-refractivity contribution < 1.29 is 4.63 Å². The van der Waals surface area contributed by atoms with Gasteiger partial charge < -0.3 is 5.32 Å². The molecule has 0 aromatic carbocycles. The van der Waals surface area contributed by atoms with E-state index in [0.717, 1.165) is 17.9 Å². The summed E-state index contributed by atoms with van der Waals surface area (Å²) in [6.45, 7) is 9.27. The lowest BCUT2D eigenvalue weighted by Gasteiger charge is -2.14. The molecule has 1 heterocycles. The van der Waals surface area contributed by atoms with E-state index in [2.05, 4.69) is 41.0 Å². The van der Waals surface area contributed by atoms with Crippen LogP contribution < -0.4 is 5.32 Å². The number of aromatic nitrogens is 2. The Labute approximate surface area is 85.0 Å². The van der Waals surface area contributed by atoms with Crippen molar-refractivity contribution in [2.75, 3.05) is 0 Å². The highest BCUT2D eigenvalue weighted by molar-refractivity contribution is 5.03. The molecule has 4 nitrogen and oxygen atoms in total. The third kappa shape index (κ3) is 3.46. The van der Waals surface area contributed by atoms with Gasteiger partial charge in [-0.05, 0) is 26.2 Å². The molecule has 0 aliphatic rings. The van der Waals surface area contributed by atoms with Crippen molar-refractivity contribution in [3.05, 3.63) is 11.4 Å². The SMILES string of the molecule is Cc1nonc1CNC(C)CC(C)C. The highest BCUT2D eigenvalue weighted by atomic mass is 16.6. The minimum atomic E-state index is 0.506. The van der Waals surface area contributed by atoms with Gasteiger partial charge in [0.1, 0.15) is 11.4 Å². The summed E-state index contributed by atoms with van der Waals surface area (Å²) in [5.41, 5.74) is 1.77. The van der Waals surface area contributed by atoms with Crippen LogP contribution >= 0.6 is 0 Å². The van der Waals surface area contributed by atoms with Crippen LogP contribution in [0.4, 0.5) is 0 Å². The quantitative estimate of drug-likeness (QED) is 0.783. The Morgan fingerprint density at radius 1 is 1.29 bits per heavy atom. The molecule has 0 saturated carbocycles. The van der Waals surface area contributed by atoms with Gasteiger partial charge in [-0.2, -0.15) is 0 Å². The molecule has 1 atom stereocenters. The molecule has 1 aromatic heterocycles. The molecule has 1 unspecified atom stereocenters. The number of rotatable bonds is 5. The zero-order valence-electron chi connectivity index (χ0n) is 9.37. The van der Waals surface area contributed by atoms with Crippen LogP contribution in [0.25, 0.3) is 0 Å². The maximum absolute atomic E-state index is 4.62. The summed E-state index contributed by atoms with van der Waals surface area (Å²) >= 11 is 0. The van der Waals surface area contributed by atoms with Gasteiger partial charge in [0.2, 0.25) is 0 Å². The van der Waals surface area contributed by atoms with E-state index < -0.39 is 0 Å². The van der Waals surface area contributed by atoms with E-state index in [4.69, 9.17) is 0 Å². The highest BCUT2D eigenvalue weighted by Crippen LogP contribution is 2.05. The lowest BCUT2D eigenvalue weighted by molar-refractivity contribution is 0.299. The van der Waals surface area contributed by atoms with Crippen LogP contribution in [0.2, 0.25) is 0 Å². The Morgan fingerprint density at radius 3 is 2.50 bits per heavy atom. The Bertz CT molecular complexity index is 270. The van der Waals surface area contributed by atoms with E-state index in [-0.39, 0.29) is 0 Å². The van der Waals surface area contributed by atoms with Crippen LogP contribution in [0.15, 0.2) is 4.63 Å². The minimum Gasteiger partial charge on any atom is -0.308 e. The molecule has 0 amide bonds. The standard InChI is InChI=1S/C10H19N3O/c1-7(2)5-8(3)11-6-10-9(4)12-14-13-10/h7-8,11H,5-6H2,1-4H3. The van der Waals surface area contributed by atoms with Crippen LogP contribution in [-0.2, 0) is 6.54 Å². The molecule has 0 bridgehead atoms. The van der Waals surface area contributed by atoms with Crippen LogP contribution in [0.1, 0.15) is 38.6 Å². The average molecular weight is 197 g/mol. The predicted molar refractivity (Wildman–Crippen MR) is 54.8 cm³/mol. The fourth-order valence-electron chi connectivity index (χ4n) is 1.47. The van der Waals surface area contributed by atoms with Crippen molar-refractivity contribution in [2.45, 2.75) is 46.7 Å². The van der Waals surface area contributed by atoms with Crippen molar-refractivity contribution >= 4 is 0 Å². The van der Waals surface area contributed by atoms with Gasteiger partial charge in [-0.25, -0.2) is 4.63 Å². The van der Waals surface area contributed by atoms with Crippen molar-refractivity contribution in [3.63, 3.8) is 0 Å². The molecule has 14 heavy (non-hydrogen) atoms. The van der Waals surface area contributed by atoms with E-state index in [1.54, 1.807) is 0 Å². The topological polar surface area (TPSA) is 51.0 Å². The van der Waals surface area contributed by atoms with Gasteiger partial charge in [0, 0.05) is 12.6 Å². The summed E-state index contributed by atoms with van der Waals surface area (Å²) in [5.74, 6) is 0.717. The first-order chi connectivity index (χ1) is 6.59. The summed E-state index contributed by atoms with van der Waals surface area (Å²) in [6, 6.07) is 0.506. The summed E-state index contributed by atoms with van der Waals surface area (Å²) in [6.07, 6.45) is 1.17. The van der Waals surface area contributed by atoms with E-state index in [9.17, 15) is 0 Å². The summed E-state index contributed by atoms with van der Waals surface area (Å²) in [7, 11) is 0. The van der Waals surface area contributed by atoms with Gasteiger partial charge in [-0.3, -0.25) is 0 Å². The van der Waals surface area contributed by atoms with Gasteiger partial charge in [-0.15, -0.1) is 0 Å². The van der Waals surface area contributed by atoms with E-state index in [0.29, 0.717) is 12.0 Å². The van der Waals surface area contributed by atoms with Gasteiger partial charge in [0.15, 0.2) is 0 Å². The van der Waals surface area contributed by atoms with E-state index in [1.165, 1.54) is 6.42 Å². The van der Waals surface area contributed by atoms with Crippen LogP contribution in [0, 0.1) is 12.8 Å². The number of hydrogen-bond donors (Lipinski definition) is 1. The fourth-order valence-corrected chi connectivity index (χ4v) is 1.47. The second kappa shape index (κ2) is 5.10. The smallest absolute Gasteiger partial charge is 0.121 e. The first-order valence-electron chi connectivity index (χ1n) is 5.11. The Balaban J connectivity index is 2.30. The van der Waals surface area contributed by atoms with E-state index >= 15 is 0 Å². The third-order valence-corrected chi connectivity index (χ3v) is 2.19. The van der Waals surface area contributed by atoms with Gasteiger partial charge in [0.05, 0.1) is 0 Å². The molecule has 0 spiro atoms. The monoisotopic (exact) mass is 197 g/mol. The normalized spacial score (nSPS) is 13.5. The van der Waals surface area contributed by atoms with Crippen molar-refractivity contribution in [2.24, 2.45) is 5.92 Å². The molecule has 0 radical (unpaired) electrons. The van der Waals surface area contributed by atoms with Gasteiger partial charge >= 0.3 is 0 Å². The number of hydrogen-bond acceptors (Lipinski definition) is 4. The lowest BCUT2D eigenvalue weighted by Crippen LogP contribution is -2.27. The summed E-state index contributed by atoms with van der Waals surface area (Å²) < 4.78 is 4.62. The number of nitrogens with one attached hydrogen (secondary N) is 1. The average Bonchev–Trinajstić information content (AvgIpc) is 2.46.